The van der Waals surface area contributed by atoms with E-state index < -0.39 is 11.9 Å². The summed E-state index contributed by atoms with van der Waals surface area (Å²) in [5.74, 6) is 0.600. The van der Waals surface area contributed by atoms with Gasteiger partial charge < -0.3 is 10.6 Å². The highest BCUT2D eigenvalue weighted by atomic mass is 32.1. The Kier molecular flexibility index (Phi) is 6.41. The van der Waals surface area contributed by atoms with Crippen molar-refractivity contribution >= 4 is 17.3 Å². The first kappa shape index (κ1) is 19.2. The van der Waals surface area contributed by atoms with E-state index in [2.05, 4.69) is 26.7 Å². The fraction of sp³-hybridized carbons (Fsp3) is 0.412. The van der Waals surface area contributed by atoms with E-state index in [9.17, 15) is 13.2 Å². The Bertz CT molecular complexity index is 725. The summed E-state index contributed by atoms with van der Waals surface area (Å²) < 4.78 is 37.6. The number of aromatic nitrogens is 1. The highest BCUT2D eigenvalue weighted by Gasteiger charge is 2.33. The Morgan fingerprint density at radius 2 is 2.04 bits per heavy atom. The molecule has 0 fully saturated rings. The minimum atomic E-state index is -4.39. The second kappa shape index (κ2) is 8.33. The monoisotopic (exact) mass is 370 g/mol. The van der Waals surface area contributed by atoms with Crippen molar-refractivity contribution in [3.05, 3.63) is 51.5 Å². The largest absolute Gasteiger partial charge is 0.434 e. The number of aryl methyl sites for hydroxylation is 1. The van der Waals surface area contributed by atoms with Crippen LogP contribution < -0.4 is 10.6 Å². The van der Waals surface area contributed by atoms with Crippen molar-refractivity contribution in [2.24, 2.45) is 4.99 Å². The maximum absolute atomic E-state index is 12.5. The van der Waals surface area contributed by atoms with Gasteiger partial charge in [-0.25, -0.2) is 4.98 Å². The summed E-state index contributed by atoms with van der Waals surface area (Å²) in [7, 11) is 1.66. The van der Waals surface area contributed by atoms with Crippen LogP contribution in [0.25, 0.3) is 0 Å². The summed E-state index contributed by atoms with van der Waals surface area (Å²) >= 11 is 1.02. The predicted octanol–water partition coefficient (Wildman–Crippen LogP) is 3.94. The number of nitrogens with zero attached hydrogens (tertiary/aromatic N) is 2. The predicted molar refractivity (Wildman–Crippen MR) is 94.9 cm³/mol. The second-order valence-corrected chi connectivity index (χ2v) is 6.54. The van der Waals surface area contributed by atoms with Gasteiger partial charge in [0.1, 0.15) is 0 Å². The van der Waals surface area contributed by atoms with Crippen LogP contribution in [0.15, 0.2) is 34.6 Å². The summed E-state index contributed by atoms with van der Waals surface area (Å²) in [6.07, 6.45) is -3.98. The van der Waals surface area contributed by atoms with Gasteiger partial charge in [0.05, 0.1) is 11.0 Å². The van der Waals surface area contributed by atoms with Gasteiger partial charge >= 0.3 is 6.18 Å². The molecule has 4 nitrogen and oxygen atoms in total. The van der Waals surface area contributed by atoms with Gasteiger partial charge in [0, 0.05) is 25.4 Å². The molecule has 0 aliphatic heterocycles. The van der Waals surface area contributed by atoms with Gasteiger partial charge in [0.25, 0.3) is 0 Å². The molecule has 8 heteroatoms. The minimum Gasteiger partial charge on any atom is -0.356 e. The summed E-state index contributed by atoms with van der Waals surface area (Å²) in [6.45, 7) is 4.53. The van der Waals surface area contributed by atoms with Crippen molar-refractivity contribution in [2.75, 3.05) is 13.6 Å². The molecule has 1 aromatic carbocycles. The van der Waals surface area contributed by atoms with Crippen LogP contribution >= 0.6 is 11.3 Å². The first-order valence-corrected chi connectivity index (χ1v) is 8.73. The van der Waals surface area contributed by atoms with E-state index in [1.165, 1.54) is 11.1 Å². The molecule has 0 saturated heterocycles. The average Bonchev–Trinajstić information content (AvgIpc) is 3.03. The molecule has 2 aromatic rings. The molecule has 1 aromatic heterocycles. The quantitative estimate of drug-likeness (QED) is 0.619. The van der Waals surface area contributed by atoms with E-state index >= 15 is 0 Å². The van der Waals surface area contributed by atoms with Gasteiger partial charge in [-0.1, -0.05) is 24.3 Å². The lowest BCUT2D eigenvalue weighted by molar-refractivity contribution is -0.140. The van der Waals surface area contributed by atoms with E-state index in [0.717, 1.165) is 16.7 Å². The number of thiazole rings is 1. The SMILES string of the molecule is CN=C(NCCc1nc(C(F)(F)F)cs1)NC(C)c1ccccc1C. The zero-order valence-corrected chi connectivity index (χ0v) is 15.1. The van der Waals surface area contributed by atoms with Gasteiger partial charge in [-0.05, 0) is 25.0 Å². The standard InChI is InChI=1S/C17H21F3N4S/c1-11-6-4-5-7-13(11)12(2)23-16(21-3)22-9-8-15-24-14(10-25-15)17(18,19)20/h4-7,10,12H,8-9H2,1-3H3,(H2,21,22,23). The van der Waals surface area contributed by atoms with Gasteiger partial charge in [0.2, 0.25) is 0 Å². The first-order chi connectivity index (χ1) is 11.8. The Morgan fingerprint density at radius 1 is 1.32 bits per heavy atom. The number of alkyl halides is 3. The van der Waals surface area contributed by atoms with Crippen LogP contribution in [0.4, 0.5) is 13.2 Å². The summed E-state index contributed by atoms with van der Waals surface area (Å²) in [6, 6.07) is 8.13. The van der Waals surface area contributed by atoms with Gasteiger partial charge in [-0.3, -0.25) is 4.99 Å². The Labute approximate surface area is 149 Å². The molecule has 0 radical (unpaired) electrons. The molecule has 0 spiro atoms. The van der Waals surface area contributed by atoms with Crippen LogP contribution in [-0.2, 0) is 12.6 Å². The third kappa shape index (κ3) is 5.45. The van der Waals surface area contributed by atoms with Crippen molar-refractivity contribution in [1.82, 2.24) is 15.6 Å². The van der Waals surface area contributed by atoms with E-state index in [-0.39, 0.29) is 6.04 Å². The van der Waals surface area contributed by atoms with Crippen molar-refractivity contribution < 1.29 is 13.2 Å². The molecular weight excluding hydrogens is 349 g/mol. The van der Waals surface area contributed by atoms with E-state index in [1.807, 2.05) is 32.0 Å². The maximum Gasteiger partial charge on any atom is 0.434 e. The summed E-state index contributed by atoms with van der Waals surface area (Å²) in [4.78, 5) is 7.77. The summed E-state index contributed by atoms with van der Waals surface area (Å²) in [5.41, 5.74) is 1.52. The molecule has 136 valence electrons. The smallest absolute Gasteiger partial charge is 0.356 e. The van der Waals surface area contributed by atoms with Crippen LogP contribution in [0, 0.1) is 6.92 Å². The fourth-order valence-electron chi connectivity index (χ4n) is 2.39. The van der Waals surface area contributed by atoms with Crippen LogP contribution in [-0.4, -0.2) is 24.5 Å². The van der Waals surface area contributed by atoms with Crippen molar-refractivity contribution in [3.63, 3.8) is 0 Å². The fourth-order valence-corrected chi connectivity index (χ4v) is 3.20. The lowest BCUT2D eigenvalue weighted by atomic mass is 10.0. The Hall–Kier alpha value is -2.09. The van der Waals surface area contributed by atoms with E-state index in [4.69, 9.17) is 0 Å². The third-order valence-electron chi connectivity index (χ3n) is 3.71. The van der Waals surface area contributed by atoms with Crippen LogP contribution in [0.1, 0.15) is 34.8 Å². The normalized spacial score (nSPS) is 13.6. The van der Waals surface area contributed by atoms with Crippen LogP contribution in [0.5, 0.6) is 0 Å². The zero-order valence-electron chi connectivity index (χ0n) is 14.3. The number of hydrogen-bond donors (Lipinski definition) is 2. The maximum atomic E-state index is 12.5. The number of hydrogen-bond acceptors (Lipinski definition) is 3. The molecule has 0 amide bonds. The molecule has 0 aliphatic rings. The highest BCUT2D eigenvalue weighted by molar-refractivity contribution is 7.09. The highest BCUT2D eigenvalue weighted by Crippen LogP contribution is 2.30. The summed E-state index contributed by atoms with van der Waals surface area (Å²) in [5, 5.41) is 7.88. The molecule has 1 unspecified atom stereocenters. The molecule has 25 heavy (non-hydrogen) atoms. The van der Waals surface area contributed by atoms with Crippen molar-refractivity contribution in [1.29, 1.82) is 0 Å². The Balaban J connectivity index is 1.86. The van der Waals surface area contributed by atoms with Crippen LogP contribution in [0.3, 0.4) is 0 Å². The lowest BCUT2D eigenvalue weighted by Gasteiger charge is -2.19. The number of rotatable bonds is 5. The van der Waals surface area contributed by atoms with Crippen LogP contribution in [0.2, 0.25) is 0 Å². The first-order valence-electron chi connectivity index (χ1n) is 7.85. The molecule has 0 bridgehead atoms. The molecular formula is C17H21F3N4S. The third-order valence-corrected chi connectivity index (χ3v) is 4.61. The number of halogens is 3. The van der Waals surface area contributed by atoms with Crippen molar-refractivity contribution in [2.45, 2.75) is 32.5 Å². The van der Waals surface area contributed by atoms with Crippen molar-refractivity contribution in [3.8, 4) is 0 Å². The van der Waals surface area contributed by atoms with E-state index in [1.54, 1.807) is 7.05 Å². The molecule has 2 N–H and O–H groups in total. The minimum absolute atomic E-state index is 0.0593. The van der Waals surface area contributed by atoms with Gasteiger partial charge in [-0.2, -0.15) is 13.2 Å². The number of aliphatic imine (C=N–C) groups is 1. The molecule has 1 atom stereocenters. The molecule has 1 heterocycles. The van der Waals surface area contributed by atoms with Gasteiger partial charge in [0.15, 0.2) is 11.7 Å². The Morgan fingerprint density at radius 3 is 2.64 bits per heavy atom. The van der Waals surface area contributed by atoms with Gasteiger partial charge in [-0.15, -0.1) is 11.3 Å². The number of benzene rings is 1. The average molecular weight is 370 g/mol. The topological polar surface area (TPSA) is 49.3 Å². The van der Waals surface area contributed by atoms with E-state index in [0.29, 0.717) is 23.9 Å². The number of nitrogens with one attached hydrogen (secondary N) is 2. The number of guanidine groups is 1. The second-order valence-electron chi connectivity index (χ2n) is 5.60. The molecule has 0 saturated carbocycles. The lowest BCUT2D eigenvalue weighted by Crippen LogP contribution is -2.39. The zero-order chi connectivity index (χ0) is 18.4. The molecule has 0 aliphatic carbocycles. The molecule has 2 rings (SSSR count).